The summed E-state index contributed by atoms with van der Waals surface area (Å²) in [6.45, 7) is 1.47. The SMILES string of the molecule is C[C@](O)(CNC(=O)Cc1c(F)cccc1Cl)c1ccco1. The fourth-order valence-electron chi connectivity index (χ4n) is 1.87. The number of amides is 1. The van der Waals surface area contributed by atoms with Crippen molar-refractivity contribution in [2.24, 2.45) is 0 Å². The van der Waals surface area contributed by atoms with E-state index in [-0.39, 0.29) is 23.6 Å². The van der Waals surface area contributed by atoms with Crippen molar-refractivity contribution in [2.75, 3.05) is 6.54 Å². The zero-order valence-electron chi connectivity index (χ0n) is 11.4. The molecular formula is C15H15ClFNO3. The molecule has 0 aliphatic carbocycles. The minimum absolute atomic E-state index is 0.0502. The monoisotopic (exact) mass is 311 g/mol. The molecule has 1 amide bonds. The smallest absolute Gasteiger partial charge is 0.224 e. The third kappa shape index (κ3) is 3.83. The van der Waals surface area contributed by atoms with Crippen molar-refractivity contribution in [3.05, 3.63) is 58.8 Å². The van der Waals surface area contributed by atoms with Gasteiger partial charge < -0.3 is 14.8 Å². The number of carbonyl (C=O) groups excluding carboxylic acids is 1. The molecule has 0 unspecified atom stereocenters. The van der Waals surface area contributed by atoms with Crippen molar-refractivity contribution in [2.45, 2.75) is 18.9 Å². The Labute approximate surface area is 126 Å². The van der Waals surface area contributed by atoms with Crippen molar-refractivity contribution in [1.82, 2.24) is 5.32 Å². The van der Waals surface area contributed by atoms with E-state index in [0.29, 0.717) is 5.76 Å². The molecule has 6 heteroatoms. The van der Waals surface area contributed by atoms with Gasteiger partial charge in [-0.2, -0.15) is 0 Å². The Morgan fingerprint density at radius 1 is 1.43 bits per heavy atom. The number of rotatable bonds is 5. The van der Waals surface area contributed by atoms with Gasteiger partial charge in [0.1, 0.15) is 17.2 Å². The Hall–Kier alpha value is -1.85. The standard InChI is InChI=1S/C15H15ClFNO3/c1-15(20,13-6-3-7-21-13)9-18-14(19)8-10-11(16)4-2-5-12(10)17/h2-7,20H,8-9H2,1H3,(H,18,19)/t15-/m0/s1. The first-order chi connectivity index (χ1) is 9.90. The first-order valence-corrected chi connectivity index (χ1v) is 6.74. The van der Waals surface area contributed by atoms with Crippen LogP contribution >= 0.6 is 11.6 Å². The highest BCUT2D eigenvalue weighted by atomic mass is 35.5. The van der Waals surface area contributed by atoms with Gasteiger partial charge in [0.25, 0.3) is 0 Å². The summed E-state index contributed by atoms with van der Waals surface area (Å²) >= 11 is 5.86. The second-order valence-electron chi connectivity index (χ2n) is 4.90. The minimum Gasteiger partial charge on any atom is -0.466 e. The van der Waals surface area contributed by atoms with E-state index in [1.54, 1.807) is 12.1 Å². The Balaban J connectivity index is 1.97. The molecule has 1 atom stereocenters. The molecule has 0 spiro atoms. The molecule has 0 aliphatic rings. The van der Waals surface area contributed by atoms with Gasteiger partial charge in [0, 0.05) is 10.6 Å². The molecule has 0 radical (unpaired) electrons. The van der Waals surface area contributed by atoms with E-state index in [1.807, 2.05) is 0 Å². The molecule has 4 nitrogen and oxygen atoms in total. The lowest BCUT2D eigenvalue weighted by Crippen LogP contribution is -2.39. The van der Waals surface area contributed by atoms with Crippen LogP contribution in [0.2, 0.25) is 5.02 Å². The highest BCUT2D eigenvalue weighted by Crippen LogP contribution is 2.21. The van der Waals surface area contributed by atoms with E-state index in [2.05, 4.69) is 5.32 Å². The largest absolute Gasteiger partial charge is 0.466 e. The van der Waals surface area contributed by atoms with Gasteiger partial charge in [0.15, 0.2) is 0 Å². The molecule has 0 aliphatic heterocycles. The van der Waals surface area contributed by atoms with E-state index in [9.17, 15) is 14.3 Å². The number of aliphatic hydroxyl groups is 1. The summed E-state index contributed by atoms with van der Waals surface area (Å²) in [5, 5.41) is 12.9. The van der Waals surface area contributed by atoms with Crippen LogP contribution in [0.15, 0.2) is 41.0 Å². The predicted octanol–water partition coefficient (Wildman–Crippen LogP) is 2.64. The summed E-state index contributed by atoms with van der Waals surface area (Å²) in [4.78, 5) is 11.9. The van der Waals surface area contributed by atoms with Crippen molar-refractivity contribution < 1.29 is 18.7 Å². The van der Waals surface area contributed by atoms with Crippen molar-refractivity contribution in [3.8, 4) is 0 Å². The van der Waals surface area contributed by atoms with Gasteiger partial charge in [-0.05, 0) is 31.2 Å². The molecule has 1 aromatic carbocycles. The van der Waals surface area contributed by atoms with Crippen LogP contribution in [0.1, 0.15) is 18.2 Å². The van der Waals surface area contributed by atoms with Crippen molar-refractivity contribution >= 4 is 17.5 Å². The molecule has 0 bridgehead atoms. The first kappa shape index (κ1) is 15.5. The molecule has 0 saturated heterocycles. The van der Waals surface area contributed by atoms with Crippen LogP contribution < -0.4 is 5.32 Å². The predicted molar refractivity (Wildman–Crippen MR) is 76.4 cm³/mol. The molecule has 1 aromatic heterocycles. The lowest BCUT2D eigenvalue weighted by atomic mass is 10.0. The Kier molecular flexibility index (Phi) is 4.65. The number of nitrogens with one attached hydrogen (secondary N) is 1. The van der Waals surface area contributed by atoms with Crippen LogP contribution in [-0.4, -0.2) is 17.6 Å². The van der Waals surface area contributed by atoms with Gasteiger partial charge in [-0.3, -0.25) is 4.79 Å². The number of hydrogen-bond donors (Lipinski definition) is 2. The normalized spacial score (nSPS) is 13.7. The van der Waals surface area contributed by atoms with Crippen LogP contribution in [0.4, 0.5) is 4.39 Å². The molecule has 2 rings (SSSR count). The molecule has 21 heavy (non-hydrogen) atoms. The molecule has 1 heterocycles. The van der Waals surface area contributed by atoms with Gasteiger partial charge >= 0.3 is 0 Å². The Morgan fingerprint density at radius 3 is 2.81 bits per heavy atom. The summed E-state index contributed by atoms with van der Waals surface area (Å²) in [7, 11) is 0. The summed E-state index contributed by atoms with van der Waals surface area (Å²) in [5.74, 6) is -0.629. The quantitative estimate of drug-likeness (QED) is 0.892. The van der Waals surface area contributed by atoms with Crippen LogP contribution in [0.3, 0.4) is 0 Å². The maximum Gasteiger partial charge on any atom is 0.224 e. The summed E-state index contributed by atoms with van der Waals surface area (Å²) < 4.78 is 18.7. The lowest BCUT2D eigenvalue weighted by molar-refractivity contribution is -0.121. The first-order valence-electron chi connectivity index (χ1n) is 6.36. The van der Waals surface area contributed by atoms with E-state index in [0.717, 1.165) is 0 Å². The van der Waals surface area contributed by atoms with Gasteiger partial charge in [-0.25, -0.2) is 4.39 Å². The molecule has 0 fully saturated rings. The van der Waals surface area contributed by atoms with Gasteiger partial charge in [0.05, 0.1) is 19.2 Å². The number of furan rings is 1. The van der Waals surface area contributed by atoms with Crippen molar-refractivity contribution in [3.63, 3.8) is 0 Å². The summed E-state index contributed by atoms with van der Waals surface area (Å²) in [6.07, 6.45) is 1.24. The second-order valence-corrected chi connectivity index (χ2v) is 5.31. The zero-order chi connectivity index (χ0) is 15.5. The highest BCUT2D eigenvalue weighted by molar-refractivity contribution is 6.31. The number of hydrogen-bond acceptors (Lipinski definition) is 3. The van der Waals surface area contributed by atoms with Gasteiger partial charge in [-0.15, -0.1) is 0 Å². The maximum absolute atomic E-state index is 13.6. The Bertz CT molecular complexity index is 606. The summed E-state index contributed by atoms with van der Waals surface area (Å²) in [6, 6.07) is 7.49. The molecular weight excluding hydrogens is 297 g/mol. The molecule has 2 N–H and O–H groups in total. The average Bonchev–Trinajstić information content (AvgIpc) is 2.96. The van der Waals surface area contributed by atoms with Crippen molar-refractivity contribution in [1.29, 1.82) is 0 Å². The van der Waals surface area contributed by atoms with E-state index >= 15 is 0 Å². The maximum atomic E-state index is 13.6. The van der Waals surface area contributed by atoms with E-state index in [1.165, 1.54) is 31.4 Å². The average molecular weight is 312 g/mol. The lowest BCUT2D eigenvalue weighted by Gasteiger charge is -2.21. The molecule has 0 saturated carbocycles. The zero-order valence-corrected chi connectivity index (χ0v) is 12.2. The van der Waals surface area contributed by atoms with Crippen LogP contribution in [0.25, 0.3) is 0 Å². The fraction of sp³-hybridized carbons (Fsp3) is 0.267. The third-order valence-electron chi connectivity index (χ3n) is 3.08. The fourth-order valence-corrected chi connectivity index (χ4v) is 2.10. The molecule has 2 aromatic rings. The minimum atomic E-state index is -1.34. The second kappa shape index (κ2) is 6.28. The number of halogens is 2. The van der Waals surface area contributed by atoms with E-state index in [4.69, 9.17) is 16.0 Å². The topological polar surface area (TPSA) is 62.5 Å². The third-order valence-corrected chi connectivity index (χ3v) is 3.43. The van der Waals surface area contributed by atoms with Crippen LogP contribution in [0.5, 0.6) is 0 Å². The Morgan fingerprint density at radius 2 is 2.19 bits per heavy atom. The number of benzene rings is 1. The highest BCUT2D eigenvalue weighted by Gasteiger charge is 2.27. The van der Waals surface area contributed by atoms with Gasteiger partial charge in [-0.1, -0.05) is 17.7 Å². The number of carbonyl (C=O) groups is 1. The van der Waals surface area contributed by atoms with E-state index < -0.39 is 17.3 Å². The van der Waals surface area contributed by atoms with Crippen LogP contribution in [0, 0.1) is 5.82 Å². The summed E-state index contributed by atoms with van der Waals surface area (Å²) in [5.41, 5.74) is -1.20. The van der Waals surface area contributed by atoms with Gasteiger partial charge in [0.2, 0.25) is 5.91 Å². The van der Waals surface area contributed by atoms with Crippen LogP contribution in [-0.2, 0) is 16.8 Å². The molecule has 112 valence electrons.